The zero-order valence-electron chi connectivity index (χ0n) is 14.3. The first kappa shape index (κ1) is 19.0. The van der Waals surface area contributed by atoms with Gasteiger partial charge < -0.3 is 14.8 Å². The van der Waals surface area contributed by atoms with Gasteiger partial charge in [0.25, 0.3) is 5.91 Å². The van der Waals surface area contributed by atoms with Crippen molar-refractivity contribution in [3.8, 4) is 5.75 Å². The first-order valence-corrected chi connectivity index (χ1v) is 8.51. The fourth-order valence-electron chi connectivity index (χ4n) is 2.43. The number of carbonyl (C=O) groups excluding carboxylic acids is 2. The molecule has 0 fully saturated rings. The van der Waals surface area contributed by atoms with Crippen molar-refractivity contribution in [3.05, 3.63) is 63.6 Å². The van der Waals surface area contributed by atoms with E-state index in [0.29, 0.717) is 11.3 Å². The number of rotatable bonds is 6. The SMILES string of the molecule is COC(=O)CC(NC(=O)c1ccc(C)c(OC)c1)c1cccc(Br)c1. The highest BCUT2D eigenvalue weighted by molar-refractivity contribution is 9.10. The molecule has 0 aliphatic carbocycles. The van der Waals surface area contributed by atoms with Crippen molar-refractivity contribution in [1.82, 2.24) is 5.32 Å². The van der Waals surface area contributed by atoms with Crippen LogP contribution < -0.4 is 10.1 Å². The Bertz CT molecular complexity index is 776. The number of hydrogen-bond donors (Lipinski definition) is 1. The lowest BCUT2D eigenvalue weighted by Crippen LogP contribution is -2.30. The topological polar surface area (TPSA) is 64.6 Å². The van der Waals surface area contributed by atoms with Gasteiger partial charge in [-0.05, 0) is 42.3 Å². The Kier molecular flexibility index (Phi) is 6.58. The molecule has 0 heterocycles. The van der Waals surface area contributed by atoms with Crippen LogP contribution in [0, 0.1) is 6.92 Å². The molecule has 0 saturated carbocycles. The maximum atomic E-state index is 12.6. The van der Waals surface area contributed by atoms with E-state index in [1.165, 1.54) is 7.11 Å². The second-order valence-electron chi connectivity index (χ2n) is 5.55. The quantitative estimate of drug-likeness (QED) is 0.742. The summed E-state index contributed by atoms with van der Waals surface area (Å²) in [5, 5.41) is 2.90. The highest BCUT2D eigenvalue weighted by atomic mass is 79.9. The summed E-state index contributed by atoms with van der Waals surface area (Å²) in [4.78, 5) is 24.4. The Balaban J connectivity index is 2.26. The molecular formula is C19H20BrNO4. The van der Waals surface area contributed by atoms with Crippen molar-refractivity contribution in [2.75, 3.05) is 14.2 Å². The van der Waals surface area contributed by atoms with Gasteiger partial charge in [-0.3, -0.25) is 9.59 Å². The molecule has 1 unspecified atom stereocenters. The van der Waals surface area contributed by atoms with Gasteiger partial charge in [-0.25, -0.2) is 0 Å². The zero-order valence-corrected chi connectivity index (χ0v) is 15.9. The minimum Gasteiger partial charge on any atom is -0.496 e. The van der Waals surface area contributed by atoms with Crippen molar-refractivity contribution >= 4 is 27.8 Å². The van der Waals surface area contributed by atoms with E-state index in [9.17, 15) is 9.59 Å². The molecule has 0 aliphatic rings. The molecular weight excluding hydrogens is 386 g/mol. The minimum absolute atomic E-state index is 0.0433. The van der Waals surface area contributed by atoms with Crippen molar-refractivity contribution in [3.63, 3.8) is 0 Å². The van der Waals surface area contributed by atoms with Crippen LogP contribution in [0.2, 0.25) is 0 Å². The highest BCUT2D eigenvalue weighted by Crippen LogP contribution is 2.23. The summed E-state index contributed by atoms with van der Waals surface area (Å²) in [7, 11) is 2.89. The van der Waals surface area contributed by atoms with Crippen LogP contribution in [0.5, 0.6) is 5.75 Å². The Morgan fingerprint density at radius 3 is 2.56 bits per heavy atom. The lowest BCUT2D eigenvalue weighted by atomic mass is 10.0. The van der Waals surface area contributed by atoms with E-state index in [1.807, 2.05) is 37.3 Å². The summed E-state index contributed by atoms with van der Waals surface area (Å²) in [6, 6.07) is 12.2. The summed E-state index contributed by atoms with van der Waals surface area (Å²) >= 11 is 3.41. The van der Waals surface area contributed by atoms with E-state index >= 15 is 0 Å². The molecule has 1 N–H and O–H groups in total. The summed E-state index contributed by atoms with van der Waals surface area (Å²) < 4.78 is 10.9. The fraction of sp³-hybridized carbons (Fsp3) is 0.263. The Morgan fingerprint density at radius 1 is 1.16 bits per heavy atom. The minimum atomic E-state index is -0.496. The molecule has 0 spiro atoms. The van der Waals surface area contributed by atoms with E-state index in [-0.39, 0.29) is 12.3 Å². The predicted octanol–water partition coefficient (Wildman–Crippen LogP) is 3.80. The molecule has 1 amide bonds. The van der Waals surface area contributed by atoms with Gasteiger partial charge in [-0.2, -0.15) is 0 Å². The number of benzene rings is 2. The lowest BCUT2D eigenvalue weighted by molar-refractivity contribution is -0.141. The summed E-state index contributed by atoms with van der Waals surface area (Å²) in [6.45, 7) is 1.90. The molecule has 2 rings (SSSR count). The fourth-order valence-corrected chi connectivity index (χ4v) is 2.85. The Hall–Kier alpha value is -2.34. The summed E-state index contributed by atoms with van der Waals surface area (Å²) in [5.41, 5.74) is 2.22. The van der Waals surface area contributed by atoms with Gasteiger partial charge in [0.15, 0.2) is 0 Å². The Labute approximate surface area is 155 Å². The Morgan fingerprint density at radius 2 is 1.92 bits per heavy atom. The van der Waals surface area contributed by atoms with Crippen LogP contribution in [0.1, 0.15) is 33.9 Å². The number of carbonyl (C=O) groups is 2. The third-order valence-electron chi connectivity index (χ3n) is 3.83. The van der Waals surface area contributed by atoms with E-state index in [2.05, 4.69) is 21.2 Å². The monoisotopic (exact) mass is 405 g/mol. The van der Waals surface area contributed by atoms with Gasteiger partial charge in [0.1, 0.15) is 5.75 Å². The standard InChI is InChI=1S/C19H20BrNO4/c1-12-7-8-14(10-17(12)24-2)19(23)21-16(11-18(22)25-3)13-5-4-6-15(20)9-13/h4-10,16H,11H2,1-3H3,(H,21,23). The van der Waals surface area contributed by atoms with Crippen LogP contribution in [-0.2, 0) is 9.53 Å². The van der Waals surface area contributed by atoms with E-state index in [4.69, 9.17) is 9.47 Å². The highest BCUT2D eigenvalue weighted by Gasteiger charge is 2.20. The molecule has 0 bridgehead atoms. The average molecular weight is 406 g/mol. The number of ether oxygens (including phenoxy) is 2. The van der Waals surface area contributed by atoms with Crippen molar-refractivity contribution in [1.29, 1.82) is 0 Å². The number of methoxy groups -OCH3 is 2. The van der Waals surface area contributed by atoms with Crippen LogP contribution in [-0.4, -0.2) is 26.1 Å². The van der Waals surface area contributed by atoms with E-state index in [1.54, 1.807) is 19.2 Å². The number of esters is 1. The van der Waals surface area contributed by atoms with E-state index in [0.717, 1.165) is 15.6 Å². The smallest absolute Gasteiger partial charge is 0.307 e. The third-order valence-corrected chi connectivity index (χ3v) is 4.32. The molecule has 1 atom stereocenters. The summed E-state index contributed by atoms with van der Waals surface area (Å²) in [6.07, 6.45) is 0.0433. The van der Waals surface area contributed by atoms with Crippen molar-refractivity contribution in [2.45, 2.75) is 19.4 Å². The van der Waals surface area contributed by atoms with Crippen molar-refractivity contribution in [2.24, 2.45) is 0 Å². The van der Waals surface area contributed by atoms with Gasteiger partial charge in [-0.15, -0.1) is 0 Å². The second kappa shape index (κ2) is 8.67. The average Bonchev–Trinajstić information content (AvgIpc) is 2.61. The van der Waals surface area contributed by atoms with Crippen LogP contribution >= 0.6 is 15.9 Å². The molecule has 0 aliphatic heterocycles. The molecule has 6 heteroatoms. The summed E-state index contributed by atoms with van der Waals surface area (Å²) in [5.74, 6) is -0.0430. The van der Waals surface area contributed by atoms with Gasteiger partial charge in [-0.1, -0.05) is 34.1 Å². The molecule has 132 valence electrons. The van der Waals surface area contributed by atoms with Crippen LogP contribution in [0.25, 0.3) is 0 Å². The van der Waals surface area contributed by atoms with Gasteiger partial charge in [0.2, 0.25) is 0 Å². The lowest BCUT2D eigenvalue weighted by Gasteiger charge is -2.19. The van der Waals surface area contributed by atoms with Gasteiger partial charge in [0.05, 0.1) is 26.7 Å². The normalized spacial score (nSPS) is 11.5. The first-order chi connectivity index (χ1) is 11.9. The first-order valence-electron chi connectivity index (χ1n) is 7.72. The molecule has 2 aromatic rings. The molecule has 25 heavy (non-hydrogen) atoms. The maximum absolute atomic E-state index is 12.6. The third kappa shape index (κ3) is 5.06. The van der Waals surface area contributed by atoms with Crippen molar-refractivity contribution < 1.29 is 19.1 Å². The molecule has 0 radical (unpaired) electrons. The number of halogens is 1. The molecule has 5 nitrogen and oxygen atoms in total. The number of aryl methyl sites for hydroxylation is 1. The molecule has 2 aromatic carbocycles. The van der Waals surface area contributed by atoms with Crippen LogP contribution in [0.4, 0.5) is 0 Å². The number of nitrogens with one attached hydrogen (secondary N) is 1. The maximum Gasteiger partial charge on any atom is 0.307 e. The molecule has 0 saturated heterocycles. The largest absolute Gasteiger partial charge is 0.496 e. The number of hydrogen-bond acceptors (Lipinski definition) is 4. The predicted molar refractivity (Wildman–Crippen MR) is 98.7 cm³/mol. The second-order valence-corrected chi connectivity index (χ2v) is 6.46. The van der Waals surface area contributed by atoms with Gasteiger partial charge in [0, 0.05) is 10.0 Å². The van der Waals surface area contributed by atoms with E-state index < -0.39 is 12.0 Å². The van der Waals surface area contributed by atoms with Gasteiger partial charge >= 0.3 is 5.97 Å². The zero-order chi connectivity index (χ0) is 18.4. The molecule has 0 aromatic heterocycles. The van der Waals surface area contributed by atoms with Crippen LogP contribution in [0.3, 0.4) is 0 Å². The number of amides is 1. The van der Waals surface area contributed by atoms with Crippen LogP contribution in [0.15, 0.2) is 46.9 Å².